The Bertz CT molecular complexity index is 753. The van der Waals surface area contributed by atoms with E-state index in [1.165, 1.54) is 6.92 Å². The summed E-state index contributed by atoms with van der Waals surface area (Å²) in [6, 6.07) is 0. The molecule has 0 aliphatic rings. The predicted octanol–water partition coefficient (Wildman–Crippen LogP) is 3.48. The number of esters is 1. The normalized spacial score (nSPS) is 11.7. The Labute approximate surface area is 170 Å². The number of hydrogen-bond donors (Lipinski definition) is 1. The minimum atomic E-state index is -4.80. The molecule has 1 N–H and O–H groups in total. The minimum absolute atomic E-state index is 0.131. The van der Waals surface area contributed by atoms with E-state index in [1.54, 1.807) is 5.32 Å². The van der Waals surface area contributed by atoms with Crippen LogP contribution in [0.15, 0.2) is 6.20 Å². The lowest BCUT2D eigenvalue weighted by atomic mass is 10.1. The van der Waals surface area contributed by atoms with Gasteiger partial charge in [-0.3, -0.25) is 14.9 Å². The third kappa shape index (κ3) is 6.87. The SMILES string of the molecule is CCOC(=O)c1cnc(Cl)c(OCC(F)(F)F)c1C(=O)NC(=O)C(Cl)(Cl)Cl. The summed E-state index contributed by atoms with van der Waals surface area (Å²) in [6.45, 7) is -0.553. The lowest BCUT2D eigenvalue weighted by Crippen LogP contribution is -2.39. The first kappa shape index (κ1) is 23.5. The van der Waals surface area contributed by atoms with Gasteiger partial charge in [-0.05, 0) is 6.92 Å². The van der Waals surface area contributed by atoms with E-state index in [4.69, 9.17) is 46.4 Å². The highest BCUT2D eigenvalue weighted by molar-refractivity contribution is 6.76. The maximum absolute atomic E-state index is 12.5. The summed E-state index contributed by atoms with van der Waals surface area (Å²) < 4.78 is 44.0. The first-order valence-electron chi connectivity index (χ1n) is 6.75. The van der Waals surface area contributed by atoms with E-state index >= 15 is 0 Å². The zero-order valence-electron chi connectivity index (χ0n) is 13.1. The summed E-state index contributed by atoms with van der Waals surface area (Å²) in [5, 5.41) is 0.927. The van der Waals surface area contributed by atoms with Crippen LogP contribution in [0.5, 0.6) is 5.75 Å². The van der Waals surface area contributed by atoms with Gasteiger partial charge in [0.25, 0.3) is 15.6 Å². The van der Waals surface area contributed by atoms with E-state index in [-0.39, 0.29) is 6.61 Å². The molecule has 0 saturated carbocycles. The van der Waals surface area contributed by atoms with Crippen LogP contribution < -0.4 is 10.1 Å². The molecule has 150 valence electrons. The van der Waals surface area contributed by atoms with E-state index in [2.05, 4.69) is 14.5 Å². The van der Waals surface area contributed by atoms with Crippen LogP contribution in [0.4, 0.5) is 13.2 Å². The fourth-order valence-corrected chi connectivity index (χ4v) is 1.92. The van der Waals surface area contributed by atoms with Gasteiger partial charge >= 0.3 is 12.1 Å². The molecule has 1 heterocycles. The van der Waals surface area contributed by atoms with Crippen molar-refractivity contribution in [2.24, 2.45) is 0 Å². The number of aromatic nitrogens is 1. The Kier molecular flexibility index (Phi) is 7.97. The molecule has 0 aliphatic heterocycles. The second-order valence-electron chi connectivity index (χ2n) is 4.57. The Morgan fingerprint density at radius 2 is 1.81 bits per heavy atom. The number of carbonyl (C=O) groups is 3. The number of alkyl halides is 6. The molecule has 1 aromatic rings. The Balaban J connectivity index is 3.44. The summed E-state index contributed by atoms with van der Waals surface area (Å²) in [7, 11) is 0. The van der Waals surface area contributed by atoms with Crippen LogP contribution in [0, 0.1) is 0 Å². The van der Waals surface area contributed by atoms with Gasteiger partial charge in [0.15, 0.2) is 17.5 Å². The first-order valence-corrected chi connectivity index (χ1v) is 8.26. The highest BCUT2D eigenvalue weighted by atomic mass is 35.6. The van der Waals surface area contributed by atoms with Crippen LogP contribution in [0.25, 0.3) is 0 Å². The molecule has 0 aromatic carbocycles. The average molecular weight is 472 g/mol. The van der Waals surface area contributed by atoms with Crippen molar-refractivity contribution in [3.05, 3.63) is 22.5 Å². The molecule has 0 radical (unpaired) electrons. The van der Waals surface area contributed by atoms with Crippen molar-refractivity contribution in [2.75, 3.05) is 13.2 Å². The summed E-state index contributed by atoms with van der Waals surface area (Å²) in [5.74, 6) is -4.89. The van der Waals surface area contributed by atoms with Crippen molar-refractivity contribution in [1.82, 2.24) is 10.3 Å². The Hall–Kier alpha value is -1.49. The highest BCUT2D eigenvalue weighted by Gasteiger charge is 2.36. The number of ether oxygens (including phenoxy) is 2. The zero-order valence-corrected chi connectivity index (χ0v) is 16.1. The molecule has 0 fully saturated rings. The van der Waals surface area contributed by atoms with Gasteiger partial charge in [0.05, 0.1) is 12.2 Å². The molecule has 2 amide bonds. The van der Waals surface area contributed by atoms with Gasteiger partial charge in [-0.15, -0.1) is 0 Å². The standard InChI is InChI=1S/C13H9Cl4F3N2O5/c1-2-26-10(24)5-3-21-8(14)7(27-4-12(18,19)20)6(5)9(23)22-11(25)13(15,16)17/h3H,2,4H2,1H3,(H,22,23,25). The summed E-state index contributed by atoms with van der Waals surface area (Å²) in [4.78, 5) is 39.5. The van der Waals surface area contributed by atoms with Crippen molar-refractivity contribution < 1.29 is 37.0 Å². The summed E-state index contributed by atoms with van der Waals surface area (Å²) in [6.07, 6.45) is -4.04. The minimum Gasteiger partial charge on any atom is -0.480 e. The molecule has 14 heteroatoms. The van der Waals surface area contributed by atoms with Crippen molar-refractivity contribution in [3.63, 3.8) is 0 Å². The van der Waals surface area contributed by atoms with Gasteiger partial charge in [0.2, 0.25) is 0 Å². The van der Waals surface area contributed by atoms with Crippen LogP contribution in [0.2, 0.25) is 5.15 Å². The average Bonchev–Trinajstić information content (AvgIpc) is 2.51. The van der Waals surface area contributed by atoms with Crippen LogP contribution >= 0.6 is 46.4 Å². The molecular formula is C13H9Cl4F3N2O5. The van der Waals surface area contributed by atoms with Gasteiger partial charge in [-0.25, -0.2) is 9.78 Å². The fraction of sp³-hybridized carbons (Fsp3) is 0.385. The summed E-state index contributed by atoms with van der Waals surface area (Å²) >= 11 is 21.6. The smallest absolute Gasteiger partial charge is 0.422 e. The second-order valence-corrected chi connectivity index (χ2v) is 7.21. The largest absolute Gasteiger partial charge is 0.480 e. The van der Waals surface area contributed by atoms with Gasteiger partial charge in [-0.2, -0.15) is 13.2 Å². The van der Waals surface area contributed by atoms with Gasteiger partial charge in [0, 0.05) is 6.20 Å². The number of pyridine rings is 1. The van der Waals surface area contributed by atoms with Gasteiger partial charge in [-0.1, -0.05) is 46.4 Å². The molecule has 1 rings (SSSR count). The highest BCUT2D eigenvalue weighted by Crippen LogP contribution is 2.32. The van der Waals surface area contributed by atoms with E-state index in [1.807, 2.05) is 0 Å². The number of carbonyl (C=O) groups excluding carboxylic acids is 3. The van der Waals surface area contributed by atoms with E-state index < -0.39 is 56.4 Å². The molecule has 0 spiro atoms. The lowest BCUT2D eigenvalue weighted by molar-refractivity contribution is -0.153. The molecule has 0 bridgehead atoms. The van der Waals surface area contributed by atoms with Crippen molar-refractivity contribution in [1.29, 1.82) is 0 Å². The van der Waals surface area contributed by atoms with E-state index in [0.29, 0.717) is 0 Å². The number of rotatable bonds is 5. The maximum atomic E-state index is 12.5. The quantitative estimate of drug-likeness (QED) is 0.401. The number of halogens is 7. The molecular weight excluding hydrogens is 463 g/mol. The molecule has 27 heavy (non-hydrogen) atoms. The van der Waals surface area contributed by atoms with Crippen molar-refractivity contribution >= 4 is 64.2 Å². The number of amides is 2. The topological polar surface area (TPSA) is 94.6 Å². The van der Waals surface area contributed by atoms with E-state index in [9.17, 15) is 27.6 Å². The van der Waals surface area contributed by atoms with E-state index in [0.717, 1.165) is 6.20 Å². The maximum Gasteiger partial charge on any atom is 0.422 e. The second kappa shape index (κ2) is 9.13. The third-order valence-electron chi connectivity index (χ3n) is 2.58. The number of imide groups is 1. The molecule has 1 aromatic heterocycles. The molecule has 0 unspecified atom stereocenters. The fourth-order valence-electron chi connectivity index (χ4n) is 1.58. The summed E-state index contributed by atoms with van der Waals surface area (Å²) in [5.41, 5.74) is -1.46. The van der Waals surface area contributed by atoms with Crippen LogP contribution in [0.3, 0.4) is 0 Å². The Morgan fingerprint density at radius 1 is 1.22 bits per heavy atom. The molecule has 0 aliphatic carbocycles. The zero-order chi connectivity index (χ0) is 21.0. The van der Waals surface area contributed by atoms with Crippen molar-refractivity contribution in [3.8, 4) is 5.75 Å². The van der Waals surface area contributed by atoms with Crippen LogP contribution in [0.1, 0.15) is 27.6 Å². The molecule has 0 saturated heterocycles. The van der Waals surface area contributed by atoms with Gasteiger partial charge < -0.3 is 9.47 Å². The third-order valence-corrected chi connectivity index (χ3v) is 3.36. The number of nitrogens with one attached hydrogen (secondary N) is 1. The first-order chi connectivity index (χ1) is 12.3. The number of nitrogens with zero attached hydrogens (tertiary/aromatic N) is 1. The van der Waals surface area contributed by atoms with Gasteiger partial charge in [0.1, 0.15) is 5.56 Å². The van der Waals surface area contributed by atoms with Crippen LogP contribution in [-0.2, 0) is 9.53 Å². The van der Waals surface area contributed by atoms with Crippen LogP contribution in [-0.4, -0.2) is 46.0 Å². The molecule has 7 nitrogen and oxygen atoms in total. The Morgan fingerprint density at radius 3 is 2.30 bits per heavy atom. The lowest BCUT2D eigenvalue weighted by Gasteiger charge is -2.17. The monoisotopic (exact) mass is 470 g/mol. The predicted molar refractivity (Wildman–Crippen MR) is 89.5 cm³/mol. The van der Waals surface area contributed by atoms with Crippen molar-refractivity contribution in [2.45, 2.75) is 16.9 Å². The number of hydrogen-bond acceptors (Lipinski definition) is 6. The molecule has 0 atom stereocenters.